The first-order chi connectivity index (χ1) is 13.0. The van der Waals surface area contributed by atoms with Gasteiger partial charge in [-0.3, -0.25) is 9.59 Å². The number of amides is 1. The van der Waals surface area contributed by atoms with E-state index in [2.05, 4.69) is 26.6 Å². The lowest BCUT2D eigenvalue weighted by Gasteiger charge is -2.12. The van der Waals surface area contributed by atoms with Crippen molar-refractivity contribution in [2.24, 2.45) is 0 Å². The molecule has 0 saturated heterocycles. The fourth-order valence-electron chi connectivity index (χ4n) is 2.71. The third-order valence-electron chi connectivity index (χ3n) is 4.00. The lowest BCUT2D eigenvalue weighted by Crippen LogP contribution is -2.22. The first-order valence-electron chi connectivity index (χ1n) is 8.52. The summed E-state index contributed by atoms with van der Waals surface area (Å²) >= 11 is 3.41. The van der Waals surface area contributed by atoms with Crippen LogP contribution in [0.1, 0.15) is 21.5 Å². The average molecular weight is 423 g/mol. The molecule has 0 atom stereocenters. The lowest BCUT2D eigenvalue weighted by molar-refractivity contribution is -0.114. The summed E-state index contributed by atoms with van der Waals surface area (Å²) in [6, 6.07) is 22.1. The SMILES string of the molecule is Cc1cccc(NC(=O)CNc2ccc(Br)cc2C(=O)c2ccccc2)c1. The van der Waals surface area contributed by atoms with E-state index < -0.39 is 0 Å². The van der Waals surface area contributed by atoms with E-state index in [1.54, 1.807) is 24.3 Å². The van der Waals surface area contributed by atoms with Gasteiger partial charge in [0.05, 0.1) is 6.54 Å². The van der Waals surface area contributed by atoms with Crippen LogP contribution in [0.25, 0.3) is 0 Å². The van der Waals surface area contributed by atoms with Gasteiger partial charge in [-0.1, -0.05) is 58.4 Å². The molecule has 3 rings (SSSR count). The molecule has 0 aliphatic carbocycles. The molecule has 3 aromatic carbocycles. The van der Waals surface area contributed by atoms with E-state index >= 15 is 0 Å². The Morgan fingerprint density at radius 1 is 0.926 bits per heavy atom. The molecule has 0 spiro atoms. The summed E-state index contributed by atoms with van der Waals surface area (Å²) < 4.78 is 0.802. The normalized spacial score (nSPS) is 10.3. The zero-order chi connectivity index (χ0) is 19.2. The molecule has 136 valence electrons. The highest BCUT2D eigenvalue weighted by atomic mass is 79.9. The van der Waals surface area contributed by atoms with Crippen molar-refractivity contribution in [3.05, 3.63) is 94.0 Å². The van der Waals surface area contributed by atoms with E-state index in [0.29, 0.717) is 16.8 Å². The Morgan fingerprint density at radius 2 is 1.70 bits per heavy atom. The number of halogens is 1. The summed E-state index contributed by atoms with van der Waals surface area (Å²) in [5, 5.41) is 5.92. The number of carbonyl (C=O) groups excluding carboxylic acids is 2. The molecule has 2 N–H and O–H groups in total. The maximum atomic E-state index is 12.8. The molecule has 0 saturated carbocycles. The Bertz CT molecular complexity index is 971. The first-order valence-corrected chi connectivity index (χ1v) is 9.32. The number of carbonyl (C=O) groups is 2. The molecular formula is C22H19BrN2O2. The van der Waals surface area contributed by atoms with Gasteiger partial charge in [-0.25, -0.2) is 0 Å². The molecule has 0 radical (unpaired) electrons. The number of hydrogen-bond donors (Lipinski definition) is 2. The monoisotopic (exact) mass is 422 g/mol. The van der Waals surface area contributed by atoms with Gasteiger partial charge in [0.25, 0.3) is 0 Å². The van der Waals surface area contributed by atoms with Crippen molar-refractivity contribution >= 4 is 39.0 Å². The smallest absolute Gasteiger partial charge is 0.243 e. The second kappa shape index (κ2) is 8.64. The summed E-state index contributed by atoms with van der Waals surface area (Å²) in [5.41, 5.74) is 3.55. The van der Waals surface area contributed by atoms with Gasteiger partial charge in [-0.15, -0.1) is 0 Å². The molecule has 0 aliphatic rings. The van der Waals surface area contributed by atoms with Gasteiger partial charge in [-0.2, -0.15) is 0 Å². The van der Waals surface area contributed by atoms with Crippen LogP contribution >= 0.6 is 15.9 Å². The lowest BCUT2D eigenvalue weighted by atomic mass is 10.0. The Balaban J connectivity index is 1.73. The maximum absolute atomic E-state index is 12.8. The Morgan fingerprint density at radius 3 is 2.44 bits per heavy atom. The Labute approximate surface area is 166 Å². The number of ketones is 1. The molecule has 3 aromatic rings. The van der Waals surface area contributed by atoms with Crippen LogP contribution in [0, 0.1) is 6.92 Å². The minimum Gasteiger partial charge on any atom is -0.376 e. The van der Waals surface area contributed by atoms with Crippen molar-refractivity contribution < 1.29 is 9.59 Å². The Kier molecular flexibility index (Phi) is 6.04. The highest BCUT2D eigenvalue weighted by Crippen LogP contribution is 2.24. The number of nitrogens with one attached hydrogen (secondary N) is 2. The third-order valence-corrected chi connectivity index (χ3v) is 4.50. The molecule has 27 heavy (non-hydrogen) atoms. The molecular weight excluding hydrogens is 404 g/mol. The number of anilines is 2. The molecule has 0 bridgehead atoms. The number of rotatable bonds is 6. The van der Waals surface area contributed by atoms with E-state index in [0.717, 1.165) is 15.7 Å². The quantitative estimate of drug-likeness (QED) is 0.547. The molecule has 0 aromatic heterocycles. The zero-order valence-electron chi connectivity index (χ0n) is 14.8. The highest BCUT2D eigenvalue weighted by molar-refractivity contribution is 9.10. The van der Waals surface area contributed by atoms with Crippen LogP contribution in [-0.2, 0) is 4.79 Å². The number of aryl methyl sites for hydroxylation is 1. The van der Waals surface area contributed by atoms with E-state index in [9.17, 15) is 9.59 Å². The van der Waals surface area contributed by atoms with Crippen LogP contribution in [0.5, 0.6) is 0 Å². The van der Waals surface area contributed by atoms with Gasteiger partial charge >= 0.3 is 0 Å². The molecule has 4 nitrogen and oxygen atoms in total. The zero-order valence-corrected chi connectivity index (χ0v) is 16.4. The summed E-state index contributed by atoms with van der Waals surface area (Å²) in [6.45, 7) is 2.03. The fourth-order valence-corrected chi connectivity index (χ4v) is 3.07. The summed E-state index contributed by atoms with van der Waals surface area (Å²) in [6.07, 6.45) is 0. The average Bonchev–Trinajstić information content (AvgIpc) is 2.67. The number of hydrogen-bond acceptors (Lipinski definition) is 3. The van der Waals surface area contributed by atoms with Crippen molar-refractivity contribution in [2.45, 2.75) is 6.92 Å². The van der Waals surface area contributed by atoms with Crippen molar-refractivity contribution in [3.63, 3.8) is 0 Å². The van der Waals surface area contributed by atoms with Gasteiger partial charge in [-0.05, 0) is 42.8 Å². The third kappa shape index (κ3) is 5.05. The molecule has 0 heterocycles. The van der Waals surface area contributed by atoms with E-state index in [-0.39, 0.29) is 18.2 Å². The van der Waals surface area contributed by atoms with Crippen molar-refractivity contribution in [2.75, 3.05) is 17.2 Å². The van der Waals surface area contributed by atoms with Crippen LogP contribution in [-0.4, -0.2) is 18.2 Å². The summed E-state index contributed by atoms with van der Waals surface area (Å²) in [4.78, 5) is 25.1. The number of benzene rings is 3. The van der Waals surface area contributed by atoms with Crippen molar-refractivity contribution in [1.82, 2.24) is 0 Å². The van der Waals surface area contributed by atoms with Crippen LogP contribution in [0.3, 0.4) is 0 Å². The van der Waals surface area contributed by atoms with Crippen LogP contribution < -0.4 is 10.6 Å². The van der Waals surface area contributed by atoms with Gasteiger partial charge in [0.2, 0.25) is 5.91 Å². The van der Waals surface area contributed by atoms with Gasteiger partial charge < -0.3 is 10.6 Å². The summed E-state index contributed by atoms with van der Waals surface area (Å²) in [5.74, 6) is -0.278. The van der Waals surface area contributed by atoms with Gasteiger partial charge in [0.1, 0.15) is 0 Å². The Hall–Kier alpha value is -2.92. The first kappa shape index (κ1) is 18.9. The molecule has 0 aliphatic heterocycles. The fraction of sp³-hybridized carbons (Fsp3) is 0.0909. The molecule has 0 unspecified atom stereocenters. The predicted octanol–water partition coefficient (Wildman–Crippen LogP) is 5.04. The topological polar surface area (TPSA) is 58.2 Å². The minimum absolute atomic E-state index is 0.0602. The highest BCUT2D eigenvalue weighted by Gasteiger charge is 2.15. The second-order valence-corrected chi connectivity index (χ2v) is 7.07. The second-order valence-electron chi connectivity index (χ2n) is 6.16. The van der Waals surface area contributed by atoms with E-state index in [1.807, 2.05) is 55.5 Å². The standard InChI is InChI=1S/C22H19BrN2O2/c1-15-6-5-9-18(12-15)25-21(26)14-24-20-11-10-17(23)13-19(20)22(27)16-7-3-2-4-8-16/h2-13,24H,14H2,1H3,(H,25,26). The van der Waals surface area contributed by atoms with E-state index in [1.165, 1.54) is 0 Å². The van der Waals surface area contributed by atoms with Crippen LogP contribution in [0.4, 0.5) is 11.4 Å². The van der Waals surface area contributed by atoms with Crippen LogP contribution in [0.15, 0.2) is 77.3 Å². The molecule has 5 heteroatoms. The van der Waals surface area contributed by atoms with Gasteiger partial charge in [0.15, 0.2) is 5.78 Å². The maximum Gasteiger partial charge on any atom is 0.243 e. The van der Waals surface area contributed by atoms with E-state index in [4.69, 9.17) is 0 Å². The van der Waals surface area contributed by atoms with Crippen LogP contribution in [0.2, 0.25) is 0 Å². The van der Waals surface area contributed by atoms with Gasteiger partial charge in [0, 0.05) is 27.0 Å². The predicted molar refractivity (Wildman–Crippen MR) is 112 cm³/mol. The van der Waals surface area contributed by atoms with Crippen molar-refractivity contribution in [3.8, 4) is 0 Å². The minimum atomic E-state index is -0.179. The summed E-state index contributed by atoms with van der Waals surface area (Å²) in [7, 11) is 0. The van der Waals surface area contributed by atoms with Crippen molar-refractivity contribution in [1.29, 1.82) is 0 Å². The molecule has 0 fully saturated rings. The molecule has 1 amide bonds. The largest absolute Gasteiger partial charge is 0.376 e.